The summed E-state index contributed by atoms with van der Waals surface area (Å²) in [5, 5.41) is 1.07. The van der Waals surface area contributed by atoms with Gasteiger partial charge in [0.05, 0.1) is 18.7 Å². The summed E-state index contributed by atoms with van der Waals surface area (Å²) in [5.74, 6) is 0.334. The minimum atomic E-state index is -4.03. The molecule has 11 heteroatoms. The molecular weight excluding hydrogens is 578 g/mol. The van der Waals surface area contributed by atoms with E-state index in [0.717, 1.165) is 46.3 Å². The van der Waals surface area contributed by atoms with Gasteiger partial charge in [0, 0.05) is 74.9 Å². The highest BCUT2D eigenvalue weighted by atomic mass is 32.2. The lowest BCUT2D eigenvalue weighted by Gasteiger charge is -2.37. The van der Waals surface area contributed by atoms with Gasteiger partial charge < -0.3 is 14.2 Å². The molecule has 5 heterocycles. The average molecular weight is 620 g/mol. The molecule has 44 heavy (non-hydrogen) atoms. The number of amides is 2. The first-order valence-corrected chi connectivity index (χ1v) is 17.3. The summed E-state index contributed by atoms with van der Waals surface area (Å²) >= 11 is 0. The standard InChI is InChI=1S/C33H41N5O5S/c1-35-12-13-36-14-16-37(17-15-36)33(40)25-18-24-19-26(43-2)9-11-27(24)31-30(22-6-4-3-5-7-22)28-10-8-23(20-29(28)38(31)21-25)32(39)34-44(35,41)42/h8-11,19-20,22,25H,3-7,12-18,21H2,1-2H3,(H,34,39)/t25-/m0/s1. The van der Waals surface area contributed by atoms with Crippen molar-refractivity contribution < 1.29 is 22.7 Å². The van der Waals surface area contributed by atoms with Crippen molar-refractivity contribution in [1.29, 1.82) is 0 Å². The van der Waals surface area contributed by atoms with Gasteiger partial charge in [-0.25, -0.2) is 4.72 Å². The minimum absolute atomic E-state index is 0.144. The van der Waals surface area contributed by atoms with Crippen LogP contribution in [-0.4, -0.2) is 92.3 Å². The van der Waals surface area contributed by atoms with Crippen LogP contribution in [0.4, 0.5) is 0 Å². The van der Waals surface area contributed by atoms with Gasteiger partial charge >= 0.3 is 10.2 Å². The third-order valence-electron chi connectivity index (χ3n) is 10.2. The van der Waals surface area contributed by atoms with Gasteiger partial charge in [-0.15, -0.1) is 0 Å². The predicted molar refractivity (Wildman–Crippen MR) is 169 cm³/mol. The number of likely N-dealkylation sites (N-methyl/N-ethyl adjacent to an activating group) is 1. The fourth-order valence-corrected chi connectivity index (χ4v) is 8.55. The van der Waals surface area contributed by atoms with Crippen molar-refractivity contribution in [1.82, 2.24) is 23.4 Å². The normalized spacial score (nSPS) is 23.5. The van der Waals surface area contributed by atoms with Crippen molar-refractivity contribution in [2.24, 2.45) is 5.92 Å². The molecule has 0 spiro atoms. The number of rotatable bonds is 2. The van der Waals surface area contributed by atoms with Gasteiger partial charge in [0.2, 0.25) is 5.91 Å². The predicted octanol–water partition coefficient (Wildman–Crippen LogP) is 3.60. The van der Waals surface area contributed by atoms with Crippen LogP contribution in [0.5, 0.6) is 5.75 Å². The Balaban J connectivity index is 1.45. The van der Waals surface area contributed by atoms with E-state index in [1.165, 1.54) is 36.2 Å². The van der Waals surface area contributed by atoms with Crippen molar-refractivity contribution in [2.75, 3.05) is 53.4 Å². The van der Waals surface area contributed by atoms with Gasteiger partial charge in [-0.05, 0) is 66.6 Å². The van der Waals surface area contributed by atoms with Crippen molar-refractivity contribution in [3.8, 4) is 17.0 Å². The van der Waals surface area contributed by atoms with Gasteiger partial charge in [0.25, 0.3) is 5.91 Å². The monoisotopic (exact) mass is 619 g/mol. The summed E-state index contributed by atoms with van der Waals surface area (Å²) in [5.41, 5.74) is 5.75. The Morgan fingerprint density at radius 2 is 1.64 bits per heavy atom. The van der Waals surface area contributed by atoms with Crippen LogP contribution >= 0.6 is 0 Å². The highest BCUT2D eigenvalue weighted by Crippen LogP contribution is 2.47. The molecule has 4 aliphatic heterocycles. The summed E-state index contributed by atoms with van der Waals surface area (Å²) in [7, 11) is -0.870. The zero-order valence-electron chi connectivity index (χ0n) is 25.5. The molecule has 10 nitrogen and oxygen atoms in total. The second kappa shape index (κ2) is 11.5. The first-order valence-electron chi connectivity index (χ1n) is 15.9. The second-order valence-corrected chi connectivity index (χ2v) is 14.6. The maximum Gasteiger partial charge on any atom is 0.303 e. The Kier molecular flexibility index (Phi) is 7.66. The number of nitrogens with zero attached hydrogens (tertiary/aromatic N) is 4. The molecule has 2 aromatic carbocycles. The summed E-state index contributed by atoms with van der Waals surface area (Å²) in [6.07, 6.45) is 6.36. The molecule has 5 aliphatic rings. The molecule has 2 fully saturated rings. The van der Waals surface area contributed by atoms with Crippen molar-refractivity contribution in [3.05, 3.63) is 53.1 Å². The van der Waals surface area contributed by atoms with E-state index in [0.29, 0.717) is 51.6 Å². The van der Waals surface area contributed by atoms with Gasteiger partial charge in [0.15, 0.2) is 0 Å². The molecule has 234 valence electrons. The van der Waals surface area contributed by atoms with Crippen LogP contribution in [0.3, 0.4) is 0 Å². The van der Waals surface area contributed by atoms with E-state index in [-0.39, 0.29) is 23.9 Å². The summed E-state index contributed by atoms with van der Waals surface area (Å²) in [4.78, 5) is 31.9. The van der Waals surface area contributed by atoms with E-state index in [1.54, 1.807) is 13.2 Å². The number of hydrogen-bond donors (Lipinski definition) is 1. The SMILES string of the molecule is COc1ccc2c(c1)C[C@H]1Cn3c-2c(C2CCCCC2)c2ccc(cc23)C(=O)NS(=O)(=O)N(C)CCN2CCN(CC2)C1=O. The Bertz CT molecular complexity index is 1720. The van der Waals surface area contributed by atoms with Gasteiger partial charge in [0.1, 0.15) is 5.75 Å². The number of methoxy groups -OCH3 is 1. The maximum atomic E-state index is 14.3. The van der Waals surface area contributed by atoms with Gasteiger partial charge in [-0.1, -0.05) is 25.3 Å². The van der Waals surface area contributed by atoms with Crippen LogP contribution in [-0.2, 0) is 28.0 Å². The Hall–Kier alpha value is -3.41. The quantitative estimate of drug-likeness (QED) is 0.470. The molecule has 1 aliphatic carbocycles. The minimum Gasteiger partial charge on any atom is -0.497 e. The second-order valence-electron chi connectivity index (χ2n) is 12.8. The van der Waals surface area contributed by atoms with Gasteiger partial charge in [-0.2, -0.15) is 12.7 Å². The molecule has 6 bridgehead atoms. The van der Waals surface area contributed by atoms with E-state index in [2.05, 4.69) is 26.3 Å². The van der Waals surface area contributed by atoms with Crippen LogP contribution < -0.4 is 9.46 Å². The van der Waals surface area contributed by atoms with Crippen LogP contribution in [0.15, 0.2) is 36.4 Å². The third-order valence-corrected chi connectivity index (χ3v) is 11.7. The number of hydrogen-bond acceptors (Lipinski definition) is 6. The van der Waals surface area contributed by atoms with Crippen LogP contribution in [0.1, 0.15) is 59.5 Å². The molecule has 2 amide bonds. The van der Waals surface area contributed by atoms with Crippen molar-refractivity contribution in [2.45, 2.75) is 51.0 Å². The molecule has 0 radical (unpaired) electrons. The number of benzene rings is 2. The van der Waals surface area contributed by atoms with Crippen LogP contribution in [0.2, 0.25) is 0 Å². The fraction of sp³-hybridized carbons (Fsp3) is 0.515. The zero-order valence-corrected chi connectivity index (χ0v) is 26.4. The highest BCUT2D eigenvalue weighted by molar-refractivity contribution is 7.87. The molecule has 1 atom stereocenters. The summed E-state index contributed by atoms with van der Waals surface area (Å²) in [6, 6.07) is 11.7. The van der Waals surface area contributed by atoms with E-state index in [9.17, 15) is 18.0 Å². The number of ether oxygens (including phenoxy) is 1. The lowest BCUT2D eigenvalue weighted by atomic mass is 9.81. The topological polar surface area (TPSA) is 104 Å². The largest absolute Gasteiger partial charge is 0.497 e. The zero-order chi connectivity index (χ0) is 30.6. The Morgan fingerprint density at radius 1 is 0.886 bits per heavy atom. The number of fused-ring (bicyclic) bond motifs is 9. The van der Waals surface area contributed by atoms with E-state index >= 15 is 0 Å². The molecule has 1 N–H and O–H groups in total. The molecule has 3 aromatic rings. The van der Waals surface area contributed by atoms with Gasteiger partial charge in [-0.3, -0.25) is 14.5 Å². The summed E-state index contributed by atoms with van der Waals surface area (Å²) in [6.45, 7) is 3.81. The molecule has 8 rings (SSSR count). The maximum absolute atomic E-state index is 14.3. The molecule has 1 saturated carbocycles. The molecule has 1 saturated heterocycles. The molecular formula is C33H41N5O5S. The number of piperazine rings is 1. The first-order chi connectivity index (χ1) is 21.2. The van der Waals surface area contributed by atoms with E-state index in [1.807, 2.05) is 23.1 Å². The smallest absolute Gasteiger partial charge is 0.303 e. The Morgan fingerprint density at radius 3 is 2.39 bits per heavy atom. The Labute approximate surface area is 259 Å². The van der Waals surface area contributed by atoms with Crippen LogP contribution in [0.25, 0.3) is 22.2 Å². The molecule has 0 unspecified atom stereocenters. The number of nitrogens with one attached hydrogen (secondary N) is 1. The lowest BCUT2D eigenvalue weighted by molar-refractivity contribution is -0.137. The van der Waals surface area contributed by atoms with E-state index < -0.39 is 16.1 Å². The summed E-state index contributed by atoms with van der Waals surface area (Å²) < 4.78 is 37.7. The van der Waals surface area contributed by atoms with E-state index in [4.69, 9.17) is 4.74 Å². The molecule has 1 aromatic heterocycles. The number of carbonyl (C=O) groups is 2. The number of carbonyl (C=O) groups excluding carboxylic acids is 2. The van der Waals surface area contributed by atoms with Crippen molar-refractivity contribution in [3.63, 3.8) is 0 Å². The number of aromatic nitrogens is 1. The van der Waals surface area contributed by atoms with Crippen molar-refractivity contribution >= 4 is 32.9 Å². The first kappa shape index (κ1) is 29.3. The third kappa shape index (κ3) is 5.18. The highest BCUT2D eigenvalue weighted by Gasteiger charge is 2.36. The lowest BCUT2D eigenvalue weighted by Crippen LogP contribution is -2.52. The fourth-order valence-electron chi connectivity index (χ4n) is 7.72. The van der Waals surface area contributed by atoms with Crippen LogP contribution in [0, 0.1) is 5.92 Å². The average Bonchev–Trinajstić information content (AvgIpc) is 3.25.